The number of guanidine groups is 1. The number of aliphatic imine (C=N–C) groups is 1. The molecule has 0 spiro atoms. The number of hydrogen-bond donors (Lipinski definition) is 2. The van der Waals surface area contributed by atoms with Gasteiger partial charge < -0.3 is 10.6 Å². The van der Waals surface area contributed by atoms with Gasteiger partial charge in [-0.3, -0.25) is 19.5 Å². The average molecular weight is 351 g/mol. The van der Waals surface area contributed by atoms with E-state index in [0.29, 0.717) is 32.4 Å². The van der Waals surface area contributed by atoms with Crippen LogP contribution in [0.3, 0.4) is 0 Å². The highest BCUT2D eigenvalue weighted by atomic mass is 16.2. The fourth-order valence-corrected chi connectivity index (χ4v) is 3.72. The summed E-state index contributed by atoms with van der Waals surface area (Å²) in [6.07, 6.45) is 11.0. The van der Waals surface area contributed by atoms with Gasteiger partial charge in [-0.25, -0.2) is 0 Å². The second-order valence-corrected chi connectivity index (χ2v) is 7.13. The highest BCUT2D eigenvalue weighted by Crippen LogP contribution is 2.27. The lowest BCUT2D eigenvalue weighted by atomic mass is 9.86. The smallest absolute Gasteiger partial charge is 0.229 e. The van der Waals surface area contributed by atoms with Crippen LogP contribution < -0.4 is 10.6 Å². The number of imide groups is 1. The van der Waals surface area contributed by atoms with Gasteiger partial charge in [0.25, 0.3) is 0 Å². The third-order valence-corrected chi connectivity index (χ3v) is 5.12. The molecule has 6 heteroatoms. The minimum atomic E-state index is -0.0486. The van der Waals surface area contributed by atoms with Gasteiger partial charge in [-0.1, -0.05) is 32.1 Å². The van der Waals surface area contributed by atoms with Gasteiger partial charge in [0.05, 0.1) is 0 Å². The lowest BCUT2D eigenvalue weighted by Crippen LogP contribution is -2.46. The van der Waals surface area contributed by atoms with Crippen molar-refractivity contribution < 1.29 is 9.59 Å². The van der Waals surface area contributed by atoms with Crippen LogP contribution in [0.5, 0.6) is 0 Å². The molecular weight excluding hydrogens is 316 g/mol. The number of rotatable bonds is 8. The lowest BCUT2D eigenvalue weighted by molar-refractivity contribution is -0.147. The second-order valence-electron chi connectivity index (χ2n) is 7.13. The van der Waals surface area contributed by atoms with Gasteiger partial charge in [-0.2, -0.15) is 0 Å². The van der Waals surface area contributed by atoms with Crippen LogP contribution in [0.2, 0.25) is 0 Å². The molecule has 0 aromatic carbocycles. The number of piperidine rings is 1. The fourth-order valence-electron chi connectivity index (χ4n) is 3.72. The molecule has 2 fully saturated rings. The van der Waals surface area contributed by atoms with Crippen molar-refractivity contribution in [2.45, 2.75) is 71.1 Å². The van der Waals surface area contributed by atoms with Crippen molar-refractivity contribution in [3.8, 4) is 0 Å². The Bertz CT molecular complexity index is 442. The predicted octanol–water partition coefficient (Wildman–Crippen LogP) is 2.44. The Kier molecular flexibility index (Phi) is 8.77. The summed E-state index contributed by atoms with van der Waals surface area (Å²) in [5.74, 6) is 1.58. The van der Waals surface area contributed by atoms with Gasteiger partial charge in [-0.15, -0.1) is 0 Å². The monoisotopic (exact) mass is 350 g/mol. The molecule has 1 saturated carbocycles. The Labute approximate surface area is 151 Å². The summed E-state index contributed by atoms with van der Waals surface area (Å²) in [4.78, 5) is 29.6. The first-order valence-corrected chi connectivity index (χ1v) is 10.1. The summed E-state index contributed by atoms with van der Waals surface area (Å²) in [6, 6.07) is 0. The number of nitrogens with zero attached hydrogens (tertiary/aromatic N) is 2. The predicted molar refractivity (Wildman–Crippen MR) is 100 cm³/mol. The molecule has 0 bridgehead atoms. The molecule has 6 nitrogen and oxygen atoms in total. The molecule has 1 saturated heterocycles. The van der Waals surface area contributed by atoms with Gasteiger partial charge in [0.2, 0.25) is 11.8 Å². The molecule has 2 amide bonds. The lowest BCUT2D eigenvalue weighted by Gasteiger charge is -2.25. The van der Waals surface area contributed by atoms with Crippen molar-refractivity contribution in [3.05, 3.63) is 0 Å². The number of carbonyl (C=O) groups is 2. The van der Waals surface area contributed by atoms with E-state index in [-0.39, 0.29) is 11.8 Å². The van der Waals surface area contributed by atoms with Crippen LogP contribution in [0.25, 0.3) is 0 Å². The first-order chi connectivity index (χ1) is 12.2. The zero-order valence-corrected chi connectivity index (χ0v) is 15.7. The largest absolute Gasteiger partial charge is 0.357 e. The van der Waals surface area contributed by atoms with Crippen molar-refractivity contribution in [2.75, 3.05) is 26.2 Å². The quantitative estimate of drug-likeness (QED) is 0.305. The first-order valence-electron chi connectivity index (χ1n) is 10.1. The van der Waals surface area contributed by atoms with E-state index < -0.39 is 0 Å². The van der Waals surface area contributed by atoms with Crippen LogP contribution in [0.4, 0.5) is 0 Å². The van der Waals surface area contributed by atoms with Crippen LogP contribution in [0.1, 0.15) is 71.1 Å². The summed E-state index contributed by atoms with van der Waals surface area (Å²) >= 11 is 0. The number of likely N-dealkylation sites (tertiary alicyclic amines) is 1. The Morgan fingerprint density at radius 3 is 2.48 bits per heavy atom. The maximum atomic E-state index is 11.8. The minimum Gasteiger partial charge on any atom is -0.357 e. The maximum Gasteiger partial charge on any atom is 0.229 e. The summed E-state index contributed by atoms with van der Waals surface area (Å²) in [6.45, 7) is 4.64. The molecule has 0 aromatic rings. The molecule has 0 atom stereocenters. The molecular formula is C19H34N4O2. The van der Waals surface area contributed by atoms with Gasteiger partial charge in [0, 0.05) is 39.0 Å². The van der Waals surface area contributed by atoms with Crippen LogP contribution in [-0.2, 0) is 9.59 Å². The van der Waals surface area contributed by atoms with Crippen molar-refractivity contribution in [3.63, 3.8) is 0 Å². The summed E-state index contributed by atoms with van der Waals surface area (Å²) in [5, 5.41) is 6.47. The van der Waals surface area contributed by atoms with E-state index in [1.54, 1.807) is 0 Å². The zero-order chi connectivity index (χ0) is 17.9. The highest BCUT2D eigenvalue weighted by Gasteiger charge is 2.25. The number of amides is 2. The molecule has 2 N–H and O–H groups in total. The molecule has 0 unspecified atom stereocenters. The molecule has 2 rings (SSSR count). The molecule has 2 aliphatic rings. The average Bonchev–Trinajstić information content (AvgIpc) is 2.62. The molecule has 0 radical (unpaired) electrons. The summed E-state index contributed by atoms with van der Waals surface area (Å²) in [7, 11) is 0. The van der Waals surface area contributed by atoms with Gasteiger partial charge >= 0.3 is 0 Å². The first kappa shape index (κ1) is 19.7. The van der Waals surface area contributed by atoms with Crippen molar-refractivity contribution in [1.82, 2.24) is 15.5 Å². The van der Waals surface area contributed by atoms with Crippen LogP contribution in [0, 0.1) is 5.92 Å². The third-order valence-electron chi connectivity index (χ3n) is 5.12. The highest BCUT2D eigenvalue weighted by molar-refractivity contribution is 5.97. The normalized spacial score (nSPS) is 20.0. The van der Waals surface area contributed by atoms with Crippen LogP contribution >= 0.6 is 0 Å². The van der Waals surface area contributed by atoms with E-state index in [1.165, 1.54) is 43.4 Å². The van der Waals surface area contributed by atoms with E-state index in [9.17, 15) is 9.59 Å². The Balaban J connectivity index is 1.67. The van der Waals surface area contributed by atoms with E-state index in [1.807, 2.05) is 6.92 Å². The summed E-state index contributed by atoms with van der Waals surface area (Å²) in [5.41, 5.74) is 0. The SMILES string of the molecule is CCNC(=NCCCC1CCCCC1)NCCN1C(=O)CCCC1=O. The molecule has 142 valence electrons. The molecule has 0 aromatic heterocycles. The van der Waals surface area contributed by atoms with Crippen molar-refractivity contribution >= 4 is 17.8 Å². The van der Waals surface area contributed by atoms with E-state index in [0.717, 1.165) is 31.4 Å². The Morgan fingerprint density at radius 2 is 1.80 bits per heavy atom. The van der Waals surface area contributed by atoms with E-state index >= 15 is 0 Å². The Hall–Kier alpha value is -1.59. The van der Waals surface area contributed by atoms with Gasteiger partial charge in [0.1, 0.15) is 0 Å². The number of hydrogen-bond acceptors (Lipinski definition) is 3. The molecule has 1 aliphatic heterocycles. The standard InChI is InChI=1S/C19H34N4O2/c1-2-20-19(21-13-7-10-16-8-4-3-5-9-16)22-14-15-23-17(24)11-6-12-18(23)25/h16H,2-15H2,1H3,(H2,20,21,22). The molecule has 1 aliphatic carbocycles. The molecule has 25 heavy (non-hydrogen) atoms. The summed E-state index contributed by atoms with van der Waals surface area (Å²) < 4.78 is 0. The van der Waals surface area contributed by atoms with Crippen molar-refractivity contribution in [2.24, 2.45) is 10.9 Å². The van der Waals surface area contributed by atoms with Gasteiger partial charge in [0.15, 0.2) is 5.96 Å². The Morgan fingerprint density at radius 1 is 1.08 bits per heavy atom. The zero-order valence-electron chi connectivity index (χ0n) is 15.7. The fraction of sp³-hybridized carbons (Fsp3) is 0.842. The number of carbonyl (C=O) groups excluding carboxylic acids is 2. The van der Waals surface area contributed by atoms with Crippen molar-refractivity contribution in [1.29, 1.82) is 0 Å². The maximum absolute atomic E-state index is 11.8. The van der Waals surface area contributed by atoms with Gasteiger partial charge in [-0.05, 0) is 32.1 Å². The number of nitrogens with one attached hydrogen (secondary N) is 2. The minimum absolute atomic E-state index is 0.0486. The topological polar surface area (TPSA) is 73.8 Å². The molecule has 1 heterocycles. The van der Waals surface area contributed by atoms with E-state index in [4.69, 9.17) is 0 Å². The van der Waals surface area contributed by atoms with E-state index in [2.05, 4.69) is 15.6 Å². The van der Waals surface area contributed by atoms with Crippen LogP contribution in [-0.4, -0.2) is 48.9 Å². The third kappa shape index (κ3) is 7.04. The second kappa shape index (κ2) is 11.1. The van der Waals surface area contributed by atoms with Crippen LogP contribution in [0.15, 0.2) is 4.99 Å².